The molecule has 3 rings (SSSR count). The van der Waals surface area contributed by atoms with Crippen LogP contribution in [0.4, 0.5) is 0 Å². The summed E-state index contributed by atoms with van der Waals surface area (Å²) in [6.45, 7) is 5.04. The molecule has 1 aromatic carbocycles. The Morgan fingerprint density at radius 3 is 2.57 bits per heavy atom. The Morgan fingerprint density at radius 2 is 2.05 bits per heavy atom. The van der Waals surface area contributed by atoms with E-state index >= 15 is 0 Å². The average molecular weight is 287 g/mol. The zero-order valence-electron chi connectivity index (χ0n) is 12.7. The average Bonchev–Trinajstić information content (AvgIpc) is 3.20. The molecule has 1 aliphatic heterocycles. The summed E-state index contributed by atoms with van der Waals surface area (Å²) in [6.07, 6.45) is 3.48. The predicted octanol–water partition coefficient (Wildman–Crippen LogP) is 1.46. The van der Waals surface area contributed by atoms with Crippen LogP contribution in [0.3, 0.4) is 0 Å². The lowest BCUT2D eigenvalue weighted by Gasteiger charge is -2.36. The molecule has 3 N–H and O–H groups in total. The second-order valence-electron chi connectivity index (χ2n) is 6.68. The van der Waals surface area contributed by atoms with Gasteiger partial charge in [0.25, 0.3) is 0 Å². The summed E-state index contributed by atoms with van der Waals surface area (Å²) in [5, 5.41) is 3.55. The molecule has 1 aliphatic carbocycles. The number of nitrogens with one attached hydrogen (secondary N) is 1. The van der Waals surface area contributed by atoms with Crippen LogP contribution in [-0.4, -0.2) is 36.5 Å². The van der Waals surface area contributed by atoms with Crippen molar-refractivity contribution in [1.82, 2.24) is 10.2 Å². The van der Waals surface area contributed by atoms with Crippen LogP contribution in [0.5, 0.6) is 0 Å². The minimum Gasteiger partial charge on any atom is -0.368 e. The van der Waals surface area contributed by atoms with Gasteiger partial charge in [0, 0.05) is 19.1 Å². The molecule has 0 spiro atoms. The minimum absolute atomic E-state index is 0.264. The molecule has 4 nitrogen and oxygen atoms in total. The predicted molar refractivity (Wildman–Crippen MR) is 83.7 cm³/mol. The molecular weight excluding hydrogens is 262 g/mol. The van der Waals surface area contributed by atoms with Gasteiger partial charge in [-0.05, 0) is 37.3 Å². The van der Waals surface area contributed by atoms with Crippen LogP contribution in [0.15, 0.2) is 30.3 Å². The number of hydrogen-bond donors (Lipinski definition) is 2. The van der Waals surface area contributed by atoms with Crippen LogP contribution < -0.4 is 11.1 Å². The smallest absolute Gasteiger partial charge is 0.243 e. The summed E-state index contributed by atoms with van der Waals surface area (Å²) in [7, 11) is 0. The number of nitrogens with two attached hydrogens (primary N) is 1. The molecule has 4 heteroatoms. The van der Waals surface area contributed by atoms with Gasteiger partial charge >= 0.3 is 0 Å². The van der Waals surface area contributed by atoms with E-state index in [4.69, 9.17) is 5.73 Å². The van der Waals surface area contributed by atoms with Gasteiger partial charge < -0.3 is 10.6 Å². The molecule has 2 fully saturated rings. The first kappa shape index (κ1) is 14.5. The number of nitrogens with zero attached hydrogens (tertiary/aromatic N) is 1. The molecule has 1 saturated heterocycles. The van der Waals surface area contributed by atoms with E-state index < -0.39 is 5.54 Å². The SMILES string of the molecule is CC1CCN(CC(NC2CC2)(C(N)=O)c2ccccc2)C1. The number of carbonyl (C=O) groups excluding carboxylic acids is 1. The monoisotopic (exact) mass is 287 g/mol. The Balaban J connectivity index is 1.89. The van der Waals surface area contributed by atoms with Gasteiger partial charge in [-0.3, -0.25) is 10.1 Å². The topological polar surface area (TPSA) is 58.4 Å². The summed E-state index contributed by atoms with van der Waals surface area (Å²) in [5.41, 5.74) is 6.10. The van der Waals surface area contributed by atoms with Crippen molar-refractivity contribution in [3.8, 4) is 0 Å². The zero-order valence-corrected chi connectivity index (χ0v) is 12.7. The van der Waals surface area contributed by atoms with Crippen molar-refractivity contribution in [2.45, 2.75) is 37.8 Å². The number of rotatable bonds is 6. The van der Waals surface area contributed by atoms with E-state index in [0.717, 1.165) is 31.5 Å². The van der Waals surface area contributed by atoms with Gasteiger partial charge in [-0.2, -0.15) is 0 Å². The molecule has 114 valence electrons. The molecule has 0 bridgehead atoms. The van der Waals surface area contributed by atoms with Gasteiger partial charge in [0.15, 0.2) is 0 Å². The minimum atomic E-state index is -0.757. The van der Waals surface area contributed by atoms with Crippen molar-refractivity contribution in [3.63, 3.8) is 0 Å². The third kappa shape index (κ3) is 3.11. The zero-order chi connectivity index (χ0) is 14.9. The Kier molecular flexibility index (Phi) is 4.00. The number of primary amides is 1. The summed E-state index contributed by atoms with van der Waals surface area (Å²) in [5.74, 6) is 0.437. The van der Waals surface area contributed by atoms with E-state index in [-0.39, 0.29) is 5.91 Å². The highest BCUT2D eigenvalue weighted by molar-refractivity contribution is 5.86. The van der Waals surface area contributed by atoms with Crippen LogP contribution in [0.25, 0.3) is 0 Å². The molecule has 1 aromatic rings. The second kappa shape index (κ2) is 5.78. The maximum Gasteiger partial charge on any atom is 0.243 e. The Labute approximate surface area is 126 Å². The molecule has 1 saturated carbocycles. The van der Waals surface area contributed by atoms with E-state index in [1.54, 1.807) is 0 Å². The molecule has 2 unspecified atom stereocenters. The maximum absolute atomic E-state index is 12.4. The molecule has 0 aromatic heterocycles. The Morgan fingerprint density at radius 1 is 1.33 bits per heavy atom. The van der Waals surface area contributed by atoms with Gasteiger partial charge in [0.1, 0.15) is 5.54 Å². The Bertz CT molecular complexity index is 500. The lowest BCUT2D eigenvalue weighted by molar-refractivity contribution is -0.125. The van der Waals surface area contributed by atoms with E-state index in [1.807, 2.05) is 30.3 Å². The van der Waals surface area contributed by atoms with Crippen LogP contribution >= 0.6 is 0 Å². The van der Waals surface area contributed by atoms with Gasteiger partial charge in [-0.25, -0.2) is 0 Å². The fourth-order valence-electron chi connectivity index (χ4n) is 3.32. The summed E-state index contributed by atoms with van der Waals surface area (Å²) in [4.78, 5) is 14.8. The van der Waals surface area contributed by atoms with Crippen molar-refractivity contribution in [1.29, 1.82) is 0 Å². The highest BCUT2D eigenvalue weighted by Gasteiger charge is 2.44. The van der Waals surface area contributed by atoms with E-state index in [9.17, 15) is 4.79 Å². The lowest BCUT2D eigenvalue weighted by Crippen LogP contribution is -2.59. The fraction of sp³-hybridized carbons (Fsp3) is 0.588. The molecular formula is C17H25N3O. The fourth-order valence-corrected chi connectivity index (χ4v) is 3.32. The first-order valence-electron chi connectivity index (χ1n) is 7.95. The number of hydrogen-bond acceptors (Lipinski definition) is 3. The third-order valence-corrected chi connectivity index (χ3v) is 4.68. The molecule has 1 amide bonds. The van der Waals surface area contributed by atoms with Crippen molar-refractivity contribution < 1.29 is 4.79 Å². The second-order valence-corrected chi connectivity index (χ2v) is 6.68. The van der Waals surface area contributed by atoms with Crippen LogP contribution in [0.2, 0.25) is 0 Å². The van der Waals surface area contributed by atoms with Gasteiger partial charge in [0.2, 0.25) is 5.91 Å². The number of amides is 1. The lowest BCUT2D eigenvalue weighted by atomic mass is 9.88. The normalized spacial score (nSPS) is 25.7. The largest absolute Gasteiger partial charge is 0.368 e. The molecule has 1 heterocycles. The quantitative estimate of drug-likeness (QED) is 0.833. The highest BCUT2D eigenvalue weighted by atomic mass is 16.1. The molecule has 2 aliphatic rings. The molecule has 2 atom stereocenters. The van der Waals surface area contributed by atoms with Gasteiger partial charge in [-0.1, -0.05) is 37.3 Å². The van der Waals surface area contributed by atoms with E-state index in [0.29, 0.717) is 18.5 Å². The number of benzene rings is 1. The van der Waals surface area contributed by atoms with Crippen molar-refractivity contribution >= 4 is 5.91 Å². The van der Waals surface area contributed by atoms with Gasteiger partial charge in [-0.15, -0.1) is 0 Å². The van der Waals surface area contributed by atoms with Gasteiger partial charge in [0.05, 0.1) is 0 Å². The number of likely N-dealkylation sites (tertiary alicyclic amines) is 1. The van der Waals surface area contributed by atoms with Crippen molar-refractivity contribution in [2.75, 3.05) is 19.6 Å². The van der Waals surface area contributed by atoms with E-state index in [1.165, 1.54) is 6.42 Å². The van der Waals surface area contributed by atoms with Crippen LogP contribution in [0, 0.1) is 5.92 Å². The molecule has 21 heavy (non-hydrogen) atoms. The maximum atomic E-state index is 12.4. The van der Waals surface area contributed by atoms with Crippen molar-refractivity contribution in [3.05, 3.63) is 35.9 Å². The molecule has 0 radical (unpaired) electrons. The van der Waals surface area contributed by atoms with Crippen LogP contribution in [-0.2, 0) is 10.3 Å². The third-order valence-electron chi connectivity index (χ3n) is 4.68. The Hall–Kier alpha value is -1.39. The van der Waals surface area contributed by atoms with E-state index in [2.05, 4.69) is 17.1 Å². The highest BCUT2D eigenvalue weighted by Crippen LogP contribution is 2.31. The number of carbonyl (C=O) groups is 1. The first-order chi connectivity index (χ1) is 10.1. The standard InChI is InChI=1S/C17H25N3O/c1-13-9-10-20(11-13)12-17(16(18)21,19-15-7-8-15)14-5-3-2-4-6-14/h2-6,13,15,19H,7-12H2,1H3,(H2,18,21). The summed E-state index contributed by atoms with van der Waals surface area (Å²) >= 11 is 0. The summed E-state index contributed by atoms with van der Waals surface area (Å²) in [6, 6.07) is 10.4. The summed E-state index contributed by atoms with van der Waals surface area (Å²) < 4.78 is 0. The van der Waals surface area contributed by atoms with Crippen molar-refractivity contribution in [2.24, 2.45) is 11.7 Å². The van der Waals surface area contributed by atoms with Crippen LogP contribution in [0.1, 0.15) is 31.7 Å². The first-order valence-corrected chi connectivity index (χ1v) is 7.95.